The van der Waals surface area contributed by atoms with E-state index in [9.17, 15) is 4.79 Å². The van der Waals surface area contributed by atoms with E-state index in [0.29, 0.717) is 18.3 Å². The van der Waals surface area contributed by atoms with Gasteiger partial charge >= 0.3 is 0 Å². The van der Waals surface area contributed by atoms with Crippen LogP contribution in [0.3, 0.4) is 0 Å². The predicted molar refractivity (Wildman–Crippen MR) is 87.5 cm³/mol. The van der Waals surface area contributed by atoms with Crippen LogP contribution in [0.15, 0.2) is 35.2 Å². The zero-order valence-electron chi connectivity index (χ0n) is 13.5. The molecular formula is C18H21N3O3. The molecule has 1 fully saturated rings. The van der Waals surface area contributed by atoms with Crippen molar-refractivity contribution in [2.24, 2.45) is 0 Å². The van der Waals surface area contributed by atoms with E-state index in [1.807, 2.05) is 12.4 Å². The van der Waals surface area contributed by atoms with Crippen molar-refractivity contribution >= 4 is 5.91 Å². The van der Waals surface area contributed by atoms with Crippen LogP contribution >= 0.6 is 0 Å². The topological polar surface area (TPSA) is 67.6 Å². The number of rotatable bonds is 4. The summed E-state index contributed by atoms with van der Waals surface area (Å²) >= 11 is 0. The number of aromatic nitrogens is 1. The lowest BCUT2D eigenvalue weighted by atomic mass is 9.96. The monoisotopic (exact) mass is 327 g/mol. The van der Waals surface area contributed by atoms with E-state index >= 15 is 0 Å². The Hall–Kier alpha value is -2.18. The Labute approximate surface area is 140 Å². The number of amides is 1. The van der Waals surface area contributed by atoms with Crippen LogP contribution in [-0.4, -0.2) is 41.6 Å². The smallest absolute Gasteiger partial charge is 0.287 e. The molecule has 2 aromatic heterocycles. The fourth-order valence-corrected chi connectivity index (χ4v) is 3.53. The normalized spacial score (nSPS) is 20.8. The van der Waals surface area contributed by atoms with Crippen LogP contribution in [0.5, 0.6) is 0 Å². The number of fused-ring (bicyclic) bond motifs is 1. The molecule has 2 aliphatic heterocycles. The quantitative estimate of drug-likeness (QED) is 0.927. The number of hydrogen-bond acceptors (Lipinski definition) is 5. The summed E-state index contributed by atoms with van der Waals surface area (Å²) in [5.74, 6) is 0.137. The van der Waals surface area contributed by atoms with E-state index in [2.05, 4.69) is 15.2 Å². The maximum Gasteiger partial charge on any atom is 0.287 e. The van der Waals surface area contributed by atoms with Crippen molar-refractivity contribution in [3.63, 3.8) is 0 Å². The maximum atomic E-state index is 12.0. The van der Waals surface area contributed by atoms with Crippen molar-refractivity contribution in [3.8, 4) is 0 Å². The Morgan fingerprint density at radius 3 is 3.17 bits per heavy atom. The molecule has 1 unspecified atom stereocenters. The van der Waals surface area contributed by atoms with Crippen molar-refractivity contribution in [1.29, 1.82) is 0 Å². The van der Waals surface area contributed by atoms with Gasteiger partial charge in [0, 0.05) is 44.7 Å². The summed E-state index contributed by atoms with van der Waals surface area (Å²) in [5, 5.41) is 2.91. The van der Waals surface area contributed by atoms with Gasteiger partial charge in [-0.15, -0.1) is 0 Å². The first-order valence-corrected chi connectivity index (χ1v) is 8.39. The standard InChI is InChI=1S/C18H21N3O3/c22-18(17-2-1-6-24-17)20-10-13-8-19-9-14-11-21(5-3-16(13)14)15-4-7-23-12-15/h1-2,6,8-9,15H,3-5,7,10-12H2,(H,20,22). The van der Waals surface area contributed by atoms with Gasteiger partial charge in [-0.05, 0) is 41.7 Å². The highest BCUT2D eigenvalue weighted by atomic mass is 16.5. The number of nitrogens with one attached hydrogen (secondary N) is 1. The third kappa shape index (κ3) is 3.07. The molecular weight excluding hydrogens is 306 g/mol. The van der Waals surface area contributed by atoms with E-state index < -0.39 is 0 Å². The first-order valence-electron chi connectivity index (χ1n) is 8.39. The van der Waals surface area contributed by atoms with Crippen LogP contribution in [0.1, 0.15) is 33.7 Å². The molecule has 0 bridgehead atoms. The van der Waals surface area contributed by atoms with E-state index in [4.69, 9.17) is 9.15 Å². The molecule has 0 saturated carbocycles. The first kappa shape index (κ1) is 15.4. The Morgan fingerprint density at radius 1 is 1.42 bits per heavy atom. The van der Waals surface area contributed by atoms with Crippen LogP contribution in [-0.2, 0) is 24.2 Å². The number of furan rings is 1. The average Bonchev–Trinajstić information content (AvgIpc) is 3.32. The molecule has 2 aliphatic rings. The summed E-state index contributed by atoms with van der Waals surface area (Å²) in [6.45, 7) is 4.12. The Bertz CT molecular complexity index is 708. The molecule has 6 nitrogen and oxygen atoms in total. The van der Waals surface area contributed by atoms with E-state index in [1.165, 1.54) is 17.4 Å². The average molecular weight is 327 g/mol. The van der Waals surface area contributed by atoms with Crippen LogP contribution < -0.4 is 5.32 Å². The summed E-state index contributed by atoms with van der Waals surface area (Å²) in [5.41, 5.74) is 3.67. The van der Waals surface area contributed by atoms with Crippen molar-refractivity contribution in [1.82, 2.24) is 15.2 Å². The molecule has 1 saturated heterocycles. The second kappa shape index (κ2) is 6.75. The molecule has 126 valence electrons. The second-order valence-corrected chi connectivity index (χ2v) is 6.33. The molecule has 1 atom stereocenters. The lowest BCUT2D eigenvalue weighted by Gasteiger charge is -2.33. The lowest BCUT2D eigenvalue weighted by Crippen LogP contribution is -2.40. The number of nitrogens with zero attached hydrogens (tertiary/aromatic N) is 2. The molecule has 0 aromatic carbocycles. The second-order valence-electron chi connectivity index (χ2n) is 6.33. The zero-order valence-corrected chi connectivity index (χ0v) is 13.5. The van der Waals surface area contributed by atoms with Gasteiger partial charge in [-0.2, -0.15) is 0 Å². The van der Waals surface area contributed by atoms with Gasteiger partial charge in [0.15, 0.2) is 5.76 Å². The number of pyridine rings is 1. The van der Waals surface area contributed by atoms with E-state index in [0.717, 1.165) is 44.7 Å². The minimum atomic E-state index is -0.196. The van der Waals surface area contributed by atoms with Gasteiger partial charge in [-0.3, -0.25) is 14.7 Å². The SMILES string of the molecule is O=C(NCc1cncc2c1CCN(C1CCOC1)C2)c1ccco1. The van der Waals surface area contributed by atoms with Gasteiger partial charge in [0.25, 0.3) is 5.91 Å². The summed E-state index contributed by atoms with van der Waals surface area (Å²) in [6.07, 6.45) is 7.41. The van der Waals surface area contributed by atoms with Gasteiger partial charge in [0.05, 0.1) is 12.9 Å². The van der Waals surface area contributed by atoms with Crippen molar-refractivity contribution < 1.29 is 13.9 Å². The fourth-order valence-electron chi connectivity index (χ4n) is 3.53. The number of hydrogen-bond donors (Lipinski definition) is 1. The van der Waals surface area contributed by atoms with Gasteiger partial charge in [0.1, 0.15) is 0 Å². The number of carbonyl (C=O) groups excluding carboxylic acids is 1. The summed E-state index contributed by atoms with van der Waals surface area (Å²) < 4.78 is 10.6. The summed E-state index contributed by atoms with van der Waals surface area (Å²) in [4.78, 5) is 18.9. The highest BCUT2D eigenvalue weighted by Crippen LogP contribution is 2.25. The first-order chi connectivity index (χ1) is 11.8. The Kier molecular flexibility index (Phi) is 4.32. The number of ether oxygens (including phenoxy) is 1. The van der Waals surface area contributed by atoms with Crippen molar-refractivity contribution in [2.45, 2.75) is 32.0 Å². The van der Waals surface area contributed by atoms with E-state index in [1.54, 1.807) is 12.1 Å². The predicted octanol–water partition coefficient (Wildman–Crippen LogP) is 1.75. The minimum Gasteiger partial charge on any atom is -0.459 e. The zero-order chi connectivity index (χ0) is 16.4. The molecule has 4 heterocycles. The molecule has 1 amide bonds. The van der Waals surface area contributed by atoms with Crippen LogP contribution in [0.25, 0.3) is 0 Å². The van der Waals surface area contributed by atoms with Gasteiger partial charge < -0.3 is 14.5 Å². The Morgan fingerprint density at radius 2 is 2.38 bits per heavy atom. The molecule has 0 aliphatic carbocycles. The molecule has 1 N–H and O–H groups in total. The highest BCUT2D eigenvalue weighted by Gasteiger charge is 2.27. The third-order valence-corrected chi connectivity index (χ3v) is 4.86. The molecule has 6 heteroatoms. The summed E-state index contributed by atoms with van der Waals surface area (Å²) in [6, 6.07) is 3.90. The minimum absolute atomic E-state index is 0.196. The van der Waals surface area contributed by atoms with Gasteiger partial charge in [-0.25, -0.2) is 0 Å². The van der Waals surface area contributed by atoms with Crippen LogP contribution in [0, 0.1) is 0 Å². The van der Waals surface area contributed by atoms with Crippen LogP contribution in [0.2, 0.25) is 0 Å². The molecule has 2 aromatic rings. The van der Waals surface area contributed by atoms with Crippen molar-refractivity contribution in [3.05, 3.63) is 53.2 Å². The molecule has 4 rings (SSSR count). The fraction of sp³-hybridized carbons (Fsp3) is 0.444. The molecule has 24 heavy (non-hydrogen) atoms. The largest absolute Gasteiger partial charge is 0.459 e. The summed E-state index contributed by atoms with van der Waals surface area (Å²) in [7, 11) is 0. The molecule has 0 radical (unpaired) electrons. The Balaban J connectivity index is 1.44. The van der Waals surface area contributed by atoms with E-state index in [-0.39, 0.29) is 5.91 Å². The lowest BCUT2D eigenvalue weighted by molar-refractivity contribution is 0.0923. The van der Waals surface area contributed by atoms with Gasteiger partial charge in [-0.1, -0.05) is 0 Å². The molecule has 0 spiro atoms. The van der Waals surface area contributed by atoms with Gasteiger partial charge in [0.2, 0.25) is 0 Å². The third-order valence-electron chi connectivity index (χ3n) is 4.86. The highest BCUT2D eigenvalue weighted by molar-refractivity contribution is 5.91. The number of carbonyl (C=O) groups is 1. The van der Waals surface area contributed by atoms with Crippen molar-refractivity contribution in [2.75, 3.05) is 19.8 Å². The van der Waals surface area contributed by atoms with Crippen LogP contribution in [0.4, 0.5) is 0 Å². The maximum absolute atomic E-state index is 12.0.